The highest BCUT2D eigenvalue weighted by molar-refractivity contribution is 5.70. The van der Waals surface area contributed by atoms with Crippen molar-refractivity contribution in [3.63, 3.8) is 0 Å². The van der Waals surface area contributed by atoms with Gasteiger partial charge in [0.1, 0.15) is 5.82 Å². The quantitative estimate of drug-likeness (QED) is 0.775. The third kappa shape index (κ3) is 2.18. The van der Waals surface area contributed by atoms with E-state index >= 15 is 0 Å². The summed E-state index contributed by atoms with van der Waals surface area (Å²) in [4.78, 5) is 0. The number of fused-ring (bicyclic) bond motifs is 1. The molecule has 2 aromatic carbocycles. The van der Waals surface area contributed by atoms with Gasteiger partial charge in [0.15, 0.2) is 0 Å². The first-order chi connectivity index (χ1) is 9.47. The molecule has 2 aromatic rings. The first-order valence-electron chi connectivity index (χ1n) is 6.15. The number of nitrogens with one attached hydrogen (secondary N) is 1. The van der Waals surface area contributed by atoms with Crippen molar-refractivity contribution in [2.75, 3.05) is 0 Å². The lowest BCUT2D eigenvalue weighted by molar-refractivity contribution is -0.137. The average molecular weight is 281 g/mol. The van der Waals surface area contributed by atoms with Crippen LogP contribution in [-0.4, -0.2) is 0 Å². The van der Waals surface area contributed by atoms with Gasteiger partial charge < -0.3 is 5.32 Å². The van der Waals surface area contributed by atoms with Crippen molar-refractivity contribution in [2.45, 2.75) is 19.3 Å². The summed E-state index contributed by atoms with van der Waals surface area (Å²) < 4.78 is 52.9. The van der Waals surface area contributed by atoms with Gasteiger partial charge in [0, 0.05) is 18.7 Å². The second kappa shape index (κ2) is 4.59. The highest BCUT2D eigenvalue weighted by Gasteiger charge is 2.35. The molecular formula is C15H11F4N. The van der Waals surface area contributed by atoms with Crippen LogP contribution in [0.2, 0.25) is 0 Å². The molecule has 0 spiro atoms. The summed E-state index contributed by atoms with van der Waals surface area (Å²) in [5, 5.41) is 3.11. The van der Waals surface area contributed by atoms with Crippen LogP contribution in [0.15, 0.2) is 36.4 Å². The first kappa shape index (κ1) is 13.1. The minimum Gasteiger partial charge on any atom is -0.309 e. The summed E-state index contributed by atoms with van der Waals surface area (Å²) in [5.74, 6) is -0.856. The third-order valence-electron chi connectivity index (χ3n) is 3.44. The molecule has 1 N–H and O–H groups in total. The molecule has 0 saturated heterocycles. The van der Waals surface area contributed by atoms with Gasteiger partial charge in [-0.05, 0) is 34.9 Å². The summed E-state index contributed by atoms with van der Waals surface area (Å²) in [7, 11) is 0. The van der Waals surface area contributed by atoms with Crippen molar-refractivity contribution in [1.29, 1.82) is 0 Å². The molecular weight excluding hydrogens is 270 g/mol. The molecule has 0 atom stereocenters. The second-order valence-electron chi connectivity index (χ2n) is 4.75. The van der Waals surface area contributed by atoms with E-state index in [1.165, 1.54) is 0 Å². The fourth-order valence-electron chi connectivity index (χ4n) is 2.50. The van der Waals surface area contributed by atoms with Gasteiger partial charge in [0.2, 0.25) is 0 Å². The van der Waals surface area contributed by atoms with Crippen molar-refractivity contribution in [2.24, 2.45) is 0 Å². The highest BCUT2D eigenvalue weighted by atomic mass is 19.4. The topological polar surface area (TPSA) is 12.0 Å². The van der Waals surface area contributed by atoms with Gasteiger partial charge in [-0.25, -0.2) is 4.39 Å². The molecule has 0 amide bonds. The molecule has 1 heterocycles. The van der Waals surface area contributed by atoms with Crippen LogP contribution in [0.25, 0.3) is 11.1 Å². The smallest absolute Gasteiger partial charge is 0.309 e. The van der Waals surface area contributed by atoms with Crippen molar-refractivity contribution in [1.82, 2.24) is 5.32 Å². The van der Waals surface area contributed by atoms with E-state index < -0.39 is 17.6 Å². The van der Waals surface area contributed by atoms with Gasteiger partial charge in [-0.1, -0.05) is 18.2 Å². The van der Waals surface area contributed by atoms with Crippen LogP contribution >= 0.6 is 0 Å². The largest absolute Gasteiger partial charge is 0.417 e. The molecule has 104 valence electrons. The lowest BCUT2D eigenvalue weighted by atomic mass is 9.96. The van der Waals surface area contributed by atoms with Crippen LogP contribution in [0.5, 0.6) is 0 Å². The normalized spacial score (nSPS) is 14.4. The van der Waals surface area contributed by atoms with E-state index in [1.54, 1.807) is 18.2 Å². The number of alkyl halides is 3. The SMILES string of the molecule is Fc1cccc(C(F)(F)F)c1-c1ccc2c(c1)CNC2. The summed E-state index contributed by atoms with van der Waals surface area (Å²) in [6, 6.07) is 7.95. The lowest BCUT2D eigenvalue weighted by Crippen LogP contribution is -2.08. The minimum absolute atomic E-state index is 0.262. The summed E-state index contributed by atoms with van der Waals surface area (Å²) in [6.45, 7) is 1.29. The monoisotopic (exact) mass is 281 g/mol. The van der Waals surface area contributed by atoms with Gasteiger partial charge in [-0.3, -0.25) is 0 Å². The molecule has 0 unspecified atom stereocenters. The Kier molecular flexibility index (Phi) is 3.01. The summed E-state index contributed by atoms with van der Waals surface area (Å²) in [5.41, 5.74) is 0.897. The molecule has 0 bridgehead atoms. The van der Waals surface area contributed by atoms with Gasteiger partial charge in [0.05, 0.1) is 5.56 Å². The lowest BCUT2D eigenvalue weighted by Gasteiger charge is -2.14. The zero-order chi connectivity index (χ0) is 14.3. The molecule has 0 fully saturated rings. The maximum atomic E-state index is 13.9. The number of benzene rings is 2. The zero-order valence-corrected chi connectivity index (χ0v) is 10.4. The Morgan fingerprint density at radius 3 is 2.45 bits per heavy atom. The third-order valence-corrected chi connectivity index (χ3v) is 3.44. The van der Waals surface area contributed by atoms with E-state index in [-0.39, 0.29) is 11.1 Å². The first-order valence-corrected chi connectivity index (χ1v) is 6.15. The summed E-state index contributed by atoms with van der Waals surface area (Å²) >= 11 is 0. The molecule has 3 rings (SSSR count). The molecule has 20 heavy (non-hydrogen) atoms. The Morgan fingerprint density at radius 1 is 0.950 bits per heavy atom. The standard InChI is InChI=1S/C15H11F4N/c16-13-3-1-2-12(15(17,18)19)14(13)9-4-5-10-7-20-8-11(10)6-9/h1-6,20H,7-8H2. The van der Waals surface area contributed by atoms with Gasteiger partial charge in [0.25, 0.3) is 0 Å². The zero-order valence-electron chi connectivity index (χ0n) is 10.4. The van der Waals surface area contributed by atoms with Crippen molar-refractivity contribution >= 4 is 0 Å². The second-order valence-corrected chi connectivity index (χ2v) is 4.75. The predicted molar refractivity (Wildman–Crippen MR) is 67.4 cm³/mol. The minimum atomic E-state index is -4.57. The fourth-order valence-corrected chi connectivity index (χ4v) is 2.50. The van der Waals surface area contributed by atoms with Gasteiger partial charge in [-0.2, -0.15) is 13.2 Å². The van der Waals surface area contributed by atoms with E-state index in [0.29, 0.717) is 13.1 Å². The van der Waals surface area contributed by atoms with E-state index in [9.17, 15) is 17.6 Å². The Labute approximate surface area is 113 Å². The van der Waals surface area contributed by atoms with E-state index in [2.05, 4.69) is 5.32 Å². The van der Waals surface area contributed by atoms with Crippen LogP contribution in [-0.2, 0) is 19.3 Å². The maximum absolute atomic E-state index is 13.9. The Balaban J connectivity index is 2.19. The van der Waals surface area contributed by atoms with Gasteiger partial charge in [-0.15, -0.1) is 0 Å². The van der Waals surface area contributed by atoms with Crippen LogP contribution in [0.1, 0.15) is 16.7 Å². The highest BCUT2D eigenvalue weighted by Crippen LogP contribution is 2.39. The summed E-state index contributed by atoms with van der Waals surface area (Å²) in [6.07, 6.45) is -4.57. The molecule has 5 heteroatoms. The average Bonchev–Trinajstić information content (AvgIpc) is 2.84. The maximum Gasteiger partial charge on any atom is 0.417 e. The van der Waals surface area contributed by atoms with Crippen molar-refractivity contribution in [3.05, 3.63) is 58.9 Å². The van der Waals surface area contributed by atoms with Crippen molar-refractivity contribution < 1.29 is 17.6 Å². The van der Waals surface area contributed by atoms with Crippen LogP contribution < -0.4 is 5.32 Å². The molecule has 1 nitrogen and oxygen atoms in total. The molecule has 0 saturated carbocycles. The van der Waals surface area contributed by atoms with Crippen LogP contribution in [0, 0.1) is 5.82 Å². The Morgan fingerprint density at radius 2 is 1.70 bits per heavy atom. The molecule has 1 aliphatic rings. The van der Waals surface area contributed by atoms with E-state index in [4.69, 9.17) is 0 Å². The Bertz CT molecular complexity index is 661. The predicted octanol–water partition coefficient (Wildman–Crippen LogP) is 4.11. The molecule has 1 aliphatic heterocycles. The molecule has 0 aromatic heterocycles. The number of rotatable bonds is 1. The molecule has 0 aliphatic carbocycles. The number of hydrogen-bond acceptors (Lipinski definition) is 1. The number of hydrogen-bond donors (Lipinski definition) is 1. The van der Waals surface area contributed by atoms with E-state index in [1.807, 2.05) is 0 Å². The molecule has 0 radical (unpaired) electrons. The van der Waals surface area contributed by atoms with E-state index in [0.717, 1.165) is 29.3 Å². The Hall–Kier alpha value is -1.88. The van der Waals surface area contributed by atoms with Crippen LogP contribution in [0.4, 0.5) is 17.6 Å². The van der Waals surface area contributed by atoms with Crippen molar-refractivity contribution in [3.8, 4) is 11.1 Å². The van der Waals surface area contributed by atoms with Gasteiger partial charge >= 0.3 is 6.18 Å². The number of halogens is 4. The van der Waals surface area contributed by atoms with Crippen LogP contribution in [0.3, 0.4) is 0 Å². The fraction of sp³-hybridized carbons (Fsp3) is 0.200.